The molecule has 1 unspecified atom stereocenters. The highest BCUT2D eigenvalue weighted by atomic mass is 32.1. The normalized spacial score (nSPS) is 25.9. The molecule has 15 heavy (non-hydrogen) atoms. The second kappa shape index (κ2) is 5.05. The molecular formula is C11H19N3S. The van der Waals surface area contributed by atoms with Gasteiger partial charge in [-0.05, 0) is 26.3 Å². The Morgan fingerprint density at radius 2 is 2.60 bits per heavy atom. The molecule has 84 valence electrons. The van der Waals surface area contributed by atoms with E-state index in [0.29, 0.717) is 5.54 Å². The van der Waals surface area contributed by atoms with Gasteiger partial charge in [-0.15, -0.1) is 11.3 Å². The Morgan fingerprint density at radius 1 is 1.67 bits per heavy atom. The van der Waals surface area contributed by atoms with Crippen LogP contribution < -0.4 is 10.6 Å². The number of aromatic nitrogens is 1. The highest BCUT2D eigenvalue weighted by molar-refractivity contribution is 7.07. The molecule has 0 bridgehead atoms. The van der Waals surface area contributed by atoms with E-state index in [2.05, 4.69) is 27.9 Å². The molecule has 1 atom stereocenters. The lowest BCUT2D eigenvalue weighted by Crippen LogP contribution is -2.46. The summed E-state index contributed by atoms with van der Waals surface area (Å²) < 4.78 is 0. The third kappa shape index (κ3) is 3.26. The van der Waals surface area contributed by atoms with Crippen LogP contribution in [0.5, 0.6) is 0 Å². The van der Waals surface area contributed by atoms with E-state index in [0.717, 1.165) is 19.5 Å². The van der Waals surface area contributed by atoms with Crippen LogP contribution in [0.25, 0.3) is 0 Å². The largest absolute Gasteiger partial charge is 0.315 e. The molecule has 2 rings (SSSR count). The maximum Gasteiger partial charge on any atom is 0.0794 e. The summed E-state index contributed by atoms with van der Waals surface area (Å²) in [6.07, 6.45) is 3.64. The minimum absolute atomic E-state index is 0.322. The van der Waals surface area contributed by atoms with Crippen molar-refractivity contribution >= 4 is 11.3 Å². The highest BCUT2D eigenvalue weighted by Gasteiger charge is 2.26. The maximum absolute atomic E-state index is 4.27. The second-order valence-electron chi connectivity index (χ2n) is 4.50. The lowest BCUT2D eigenvalue weighted by atomic mass is 10.0. The van der Waals surface area contributed by atoms with Crippen molar-refractivity contribution in [3.63, 3.8) is 0 Å². The quantitative estimate of drug-likeness (QED) is 0.744. The van der Waals surface area contributed by atoms with Crippen LogP contribution in [-0.4, -0.2) is 30.2 Å². The minimum Gasteiger partial charge on any atom is -0.315 e. The average Bonchev–Trinajstić information content (AvgIpc) is 2.84. The minimum atomic E-state index is 0.322. The van der Waals surface area contributed by atoms with Crippen molar-refractivity contribution < 1.29 is 0 Å². The Kier molecular flexibility index (Phi) is 3.72. The van der Waals surface area contributed by atoms with Crippen molar-refractivity contribution in [1.29, 1.82) is 0 Å². The van der Waals surface area contributed by atoms with Crippen LogP contribution in [0.4, 0.5) is 0 Å². The number of thiazole rings is 1. The van der Waals surface area contributed by atoms with E-state index >= 15 is 0 Å². The molecule has 0 saturated carbocycles. The van der Waals surface area contributed by atoms with Gasteiger partial charge in [0.2, 0.25) is 0 Å². The predicted molar refractivity (Wildman–Crippen MR) is 64.3 cm³/mol. The lowest BCUT2D eigenvalue weighted by Gasteiger charge is -2.24. The average molecular weight is 225 g/mol. The van der Waals surface area contributed by atoms with Crippen molar-refractivity contribution in [2.24, 2.45) is 0 Å². The second-order valence-corrected chi connectivity index (χ2v) is 5.22. The first-order chi connectivity index (χ1) is 7.29. The monoisotopic (exact) mass is 225 g/mol. The van der Waals surface area contributed by atoms with Gasteiger partial charge in [0.1, 0.15) is 0 Å². The molecule has 4 heteroatoms. The van der Waals surface area contributed by atoms with Gasteiger partial charge >= 0.3 is 0 Å². The molecule has 3 nitrogen and oxygen atoms in total. The Hall–Kier alpha value is -0.450. The predicted octanol–water partition coefficient (Wildman–Crippen LogP) is 1.42. The van der Waals surface area contributed by atoms with Gasteiger partial charge in [0.15, 0.2) is 0 Å². The van der Waals surface area contributed by atoms with Gasteiger partial charge in [0.05, 0.1) is 11.2 Å². The molecule has 0 radical (unpaired) electrons. The zero-order valence-electron chi connectivity index (χ0n) is 9.25. The van der Waals surface area contributed by atoms with Crippen LogP contribution in [0.3, 0.4) is 0 Å². The molecule has 1 aromatic heterocycles. The Bertz CT molecular complexity index is 278. The van der Waals surface area contributed by atoms with Crippen molar-refractivity contribution in [3.8, 4) is 0 Å². The van der Waals surface area contributed by atoms with E-state index < -0.39 is 0 Å². The summed E-state index contributed by atoms with van der Waals surface area (Å²) in [5, 5.41) is 9.18. The first kappa shape index (κ1) is 11.0. The first-order valence-electron chi connectivity index (χ1n) is 5.61. The standard InChI is InChI=1S/C11H19N3S/c1-11(4-2-5-14-11)8-12-6-3-10-7-15-9-13-10/h7,9,12,14H,2-6,8H2,1H3. The maximum atomic E-state index is 4.27. The number of hydrogen-bond acceptors (Lipinski definition) is 4. The third-order valence-electron chi connectivity index (χ3n) is 3.01. The molecule has 1 aliphatic heterocycles. The Labute approximate surface area is 95.3 Å². The fourth-order valence-corrected chi connectivity index (χ4v) is 2.64. The SMILES string of the molecule is CC1(CNCCc2cscn2)CCCN1. The van der Waals surface area contributed by atoms with E-state index in [9.17, 15) is 0 Å². The summed E-state index contributed by atoms with van der Waals surface area (Å²) in [4.78, 5) is 4.27. The van der Waals surface area contributed by atoms with E-state index in [1.54, 1.807) is 11.3 Å². The number of hydrogen-bond donors (Lipinski definition) is 2. The summed E-state index contributed by atoms with van der Waals surface area (Å²) in [6, 6.07) is 0. The van der Waals surface area contributed by atoms with Gasteiger partial charge in [0.25, 0.3) is 0 Å². The van der Waals surface area contributed by atoms with E-state index in [4.69, 9.17) is 0 Å². The molecule has 1 fully saturated rings. The zero-order chi connectivity index (χ0) is 10.6. The number of nitrogens with zero attached hydrogens (tertiary/aromatic N) is 1. The molecule has 0 amide bonds. The highest BCUT2D eigenvalue weighted by Crippen LogP contribution is 2.16. The van der Waals surface area contributed by atoms with Crippen molar-refractivity contribution in [2.75, 3.05) is 19.6 Å². The van der Waals surface area contributed by atoms with Gasteiger partial charge in [0, 0.05) is 30.4 Å². The molecule has 2 heterocycles. The summed E-state index contributed by atoms with van der Waals surface area (Å²) in [5.74, 6) is 0. The van der Waals surface area contributed by atoms with Gasteiger partial charge in [-0.25, -0.2) is 4.98 Å². The fourth-order valence-electron chi connectivity index (χ4n) is 2.05. The molecule has 2 N–H and O–H groups in total. The molecule has 0 spiro atoms. The molecule has 1 aliphatic rings. The van der Waals surface area contributed by atoms with E-state index in [-0.39, 0.29) is 0 Å². The summed E-state index contributed by atoms with van der Waals surface area (Å²) >= 11 is 1.67. The fraction of sp³-hybridized carbons (Fsp3) is 0.727. The van der Waals surface area contributed by atoms with Crippen LogP contribution in [0.2, 0.25) is 0 Å². The molecule has 0 aromatic carbocycles. The molecule has 1 aromatic rings. The summed E-state index contributed by atoms with van der Waals surface area (Å²) in [7, 11) is 0. The van der Waals surface area contributed by atoms with Crippen LogP contribution in [-0.2, 0) is 6.42 Å². The summed E-state index contributed by atoms with van der Waals surface area (Å²) in [6.45, 7) is 5.57. The van der Waals surface area contributed by atoms with Crippen LogP contribution in [0, 0.1) is 0 Å². The molecular weight excluding hydrogens is 206 g/mol. The van der Waals surface area contributed by atoms with E-state index in [1.807, 2.05) is 5.51 Å². The van der Waals surface area contributed by atoms with Crippen molar-refractivity contribution in [3.05, 3.63) is 16.6 Å². The van der Waals surface area contributed by atoms with Gasteiger partial charge in [-0.3, -0.25) is 0 Å². The van der Waals surface area contributed by atoms with Crippen molar-refractivity contribution in [2.45, 2.75) is 31.7 Å². The van der Waals surface area contributed by atoms with Crippen LogP contribution in [0.1, 0.15) is 25.5 Å². The summed E-state index contributed by atoms with van der Waals surface area (Å²) in [5.41, 5.74) is 3.43. The zero-order valence-corrected chi connectivity index (χ0v) is 10.1. The lowest BCUT2D eigenvalue weighted by molar-refractivity contribution is 0.387. The topological polar surface area (TPSA) is 37.0 Å². The van der Waals surface area contributed by atoms with Gasteiger partial charge in [-0.1, -0.05) is 0 Å². The Morgan fingerprint density at radius 3 is 3.27 bits per heavy atom. The molecule has 0 aliphatic carbocycles. The first-order valence-corrected chi connectivity index (χ1v) is 6.56. The smallest absolute Gasteiger partial charge is 0.0794 e. The Balaban J connectivity index is 1.62. The van der Waals surface area contributed by atoms with Crippen LogP contribution >= 0.6 is 11.3 Å². The molecule has 1 saturated heterocycles. The number of nitrogens with one attached hydrogen (secondary N) is 2. The third-order valence-corrected chi connectivity index (χ3v) is 3.65. The van der Waals surface area contributed by atoms with Gasteiger partial charge < -0.3 is 10.6 Å². The van der Waals surface area contributed by atoms with Gasteiger partial charge in [-0.2, -0.15) is 0 Å². The number of rotatable bonds is 5. The van der Waals surface area contributed by atoms with E-state index in [1.165, 1.54) is 25.1 Å². The van der Waals surface area contributed by atoms with Crippen molar-refractivity contribution in [1.82, 2.24) is 15.6 Å². The van der Waals surface area contributed by atoms with Crippen LogP contribution in [0.15, 0.2) is 10.9 Å².